The van der Waals surface area contributed by atoms with Gasteiger partial charge in [-0.15, -0.1) is 0 Å². The number of hydrogen-bond donors (Lipinski definition) is 2. The number of amides is 1. The number of carbonyl (C=O) groups excluding carboxylic acids is 1. The maximum Gasteiger partial charge on any atom is 0.225 e. The van der Waals surface area contributed by atoms with Gasteiger partial charge in [-0.2, -0.15) is 5.10 Å². The molecule has 110 valence electrons. The average molecular weight is 279 g/mol. The van der Waals surface area contributed by atoms with Crippen molar-refractivity contribution in [2.45, 2.75) is 31.6 Å². The Morgan fingerprint density at radius 1 is 1.30 bits per heavy atom. The number of nitrogens with zero attached hydrogens (tertiary/aromatic N) is 1. The first-order valence-electron chi connectivity index (χ1n) is 7.32. The molecule has 0 bridgehead atoms. The maximum atomic E-state index is 11.9. The Bertz CT molecular complexity index is 448. The molecule has 2 aliphatic rings. The van der Waals surface area contributed by atoms with Gasteiger partial charge in [0, 0.05) is 50.5 Å². The van der Waals surface area contributed by atoms with Crippen LogP contribution in [0.2, 0.25) is 0 Å². The molecule has 1 aromatic heterocycles. The van der Waals surface area contributed by atoms with Crippen molar-refractivity contribution in [3.63, 3.8) is 0 Å². The third kappa shape index (κ3) is 3.37. The van der Waals surface area contributed by atoms with Crippen LogP contribution >= 0.6 is 0 Å². The van der Waals surface area contributed by atoms with Crippen LogP contribution in [0, 0.1) is 5.92 Å². The van der Waals surface area contributed by atoms with E-state index >= 15 is 0 Å². The lowest BCUT2D eigenvalue weighted by atomic mass is 9.97. The van der Waals surface area contributed by atoms with Gasteiger partial charge in [0.25, 0.3) is 0 Å². The molecule has 0 unspecified atom stereocenters. The Morgan fingerprint density at radius 3 is 2.85 bits per heavy atom. The lowest BCUT2D eigenvalue weighted by molar-refractivity contribution is -0.117. The molecule has 0 aliphatic carbocycles. The van der Waals surface area contributed by atoms with Crippen molar-refractivity contribution in [1.82, 2.24) is 10.2 Å². The van der Waals surface area contributed by atoms with Gasteiger partial charge < -0.3 is 14.8 Å². The normalized spacial score (nSPS) is 23.9. The predicted molar refractivity (Wildman–Crippen MR) is 73.6 cm³/mol. The number of ether oxygens (including phenoxy) is 2. The number of aromatic amines is 1. The van der Waals surface area contributed by atoms with Gasteiger partial charge in [-0.1, -0.05) is 0 Å². The zero-order valence-electron chi connectivity index (χ0n) is 11.6. The van der Waals surface area contributed by atoms with Gasteiger partial charge in [0.15, 0.2) is 5.82 Å². The zero-order chi connectivity index (χ0) is 13.8. The Balaban J connectivity index is 1.52. The van der Waals surface area contributed by atoms with Crippen molar-refractivity contribution in [3.05, 3.63) is 11.8 Å². The fraction of sp³-hybridized carbons (Fsp3) is 0.714. The number of hydrogen-bond acceptors (Lipinski definition) is 4. The summed E-state index contributed by atoms with van der Waals surface area (Å²) in [4.78, 5) is 11.9. The van der Waals surface area contributed by atoms with Crippen LogP contribution in [0.3, 0.4) is 0 Å². The topological polar surface area (TPSA) is 76.2 Å². The van der Waals surface area contributed by atoms with Crippen molar-refractivity contribution in [3.8, 4) is 0 Å². The molecule has 3 heterocycles. The van der Waals surface area contributed by atoms with Crippen LogP contribution in [-0.2, 0) is 14.3 Å². The summed E-state index contributed by atoms with van der Waals surface area (Å²) in [5.41, 5.74) is 1.09. The van der Waals surface area contributed by atoms with E-state index in [2.05, 4.69) is 15.5 Å². The number of nitrogens with one attached hydrogen (secondary N) is 2. The highest BCUT2D eigenvalue weighted by molar-refractivity contribution is 5.89. The molecule has 1 aromatic rings. The second-order valence-corrected chi connectivity index (χ2v) is 5.58. The van der Waals surface area contributed by atoms with E-state index < -0.39 is 0 Å². The fourth-order valence-electron chi connectivity index (χ4n) is 2.82. The Morgan fingerprint density at radius 2 is 2.10 bits per heavy atom. The molecule has 2 aliphatic heterocycles. The largest absolute Gasteiger partial charge is 0.381 e. The summed E-state index contributed by atoms with van der Waals surface area (Å²) in [6, 6.07) is 1.94. The van der Waals surface area contributed by atoms with Crippen LogP contribution in [0.4, 0.5) is 5.82 Å². The van der Waals surface area contributed by atoms with Gasteiger partial charge in [-0.25, -0.2) is 0 Å². The van der Waals surface area contributed by atoms with Gasteiger partial charge in [0.1, 0.15) is 0 Å². The molecule has 2 N–H and O–H groups in total. The molecule has 3 rings (SSSR count). The highest BCUT2D eigenvalue weighted by atomic mass is 16.5. The molecule has 2 fully saturated rings. The first kappa shape index (κ1) is 13.6. The van der Waals surface area contributed by atoms with E-state index in [0.717, 1.165) is 44.8 Å². The summed E-state index contributed by atoms with van der Waals surface area (Å²) in [6.45, 7) is 3.07. The second-order valence-electron chi connectivity index (χ2n) is 5.58. The van der Waals surface area contributed by atoms with E-state index in [1.807, 2.05) is 6.07 Å². The number of carbonyl (C=O) groups is 1. The van der Waals surface area contributed by atoms with Gasteiger partial charge in [0.05, 0.1) is 0 Å². The van der Waals surface area contributed by atoms with Crippen LogP contribution in [0.1, 0.15) is 37.3 Å². The average Bonchev–Trinajstić information content (AvgIpc) is 3.11. The van der Waals surface area contributed by atoms with Crippen molar-refractivity contribution in [1.29, 1.82) is 0 Å². The Hall–Kier alpha value is -1.40. The SMILES string of the molecule is O=C(C[C@@H]1CCOC1)Nc1cc(C2CCOCC2)[nH]n1. The molecule has 0 spiro atoms. The van der Waals surface area contributed by atoms with Crippen molar-refractivity contribution >= 4 is 11.7 Å². The lowest BCUT2D eigenvalue weighted by Crippen LogP contribution is -2.16. The van der Waals surface area contributed by atoms with Gasteiger partial charge in [-0.05, 0) is 25.2 Å². The van der Waals surface area contributed by atoms with E-state index in [4.69, 9.17) is 9.47 Å². The van der Waals surface area contributed by atoms with E-state index in [0.29, 0.717) is 30.7 Å². The number of rotatable bonds is 4. The molecule has 1 atom stereocenters. The smallest absolute Gasteiger partial charge is 0.225 e. The molecule has 6 nitrogen and oxygen atoms in total. The Kier molecular flexibility index (Phi) is 4.32. The van der Waals surface area contributed by atoms with E-state index in [-0.39, 0.29) is 5.91 Å². The first-order chi connectivity index (χ1) is 9.81. The quantitative estimate of drug-likeness (QED) is 0.879. The Labute approximate surface area is 118 Å². The molecular formula is C14H21N3O3. The summed E-state index contributed by atoms with van der Waals surface area (Å²) in [6.07, 6.45) is 3.50. The van der Waals surface area contributed by atoms with Crippen LogP contribution in [0.5, 0.6) is 0 Å². The van der Waals surface area contributed by atoms with Crippen molar-refractivity contribution < 1.29 is 14.3 Å². The molecule has 1 amide bonds. The molecule has 20 heavy (non-hydrogen) atoms. The van der Waals surface area contributed by atoms with Crippen molar-refractivity contribution in [2.75, 3.05) is 31.7 Å². The van der Waals surface area contributed by atoms with Crippen LogP contribution in [0.25, 0.3) is 0 Å². The van der Waals surface area contributed by atoms with E-state index in [1.54, 1.807) is 0 Å². The van der Waals surface area contributed by atoms with Gasteiger partial charge in [-0.3, -0.25) is 9.89 Å². The first-order valence-corrected chi connectivity index (χ1v) is 7.32. The summed E-state index contributed by atoms with van der Waals surface area (Å²) in [5.74, 6) is 1.45. The minimum Gasteiger partial charge on any atom is -0.381 e. The minimum absolute atomic E-state index is 0.0190. The van der Waals surface area contributed by atoms with Crippen LogP contribution in [0.15, 0.2) is 6.07 Å². The predicted octanol–water partition coefficient (Wildman–Crippen LogP) is 1.67. The molecule has 0 aromatic carbocycles. The molecule has 0 radical (unpaired) electrons. The molecule has 2 saturated heterocycles. The van der Waals surface area contributed by atoms with Gasteiger partial charge >= 0.3 is 0 Å². The highest BCUT2D eigenvalue weighted by Crippen LogP contribution is 2.26. The standard InChI is InChI=1S/C14H21N3O3/c18-14(7-10-1-4-20-9-10)15-13-8-12(16-17-13)11-2-5-19-6-3-11/h8,10-11H,1-7,9H2,(H2,15,16,17,18)/t10-/m0/s1. The maximum absolute atomic E-state index is 11.9. The number of H-pyrrole nitrogens is 1. The zero-order valence-corrected chi connectivity index (χ0v) is 11.6. The number of aromatic nitrogens is 2. The van der Waals surface area contributed by atoms with Crippen LogP contribution < -0.4 is 5.32 Å². The third-order valence-electron chi connectivity index (χ3n) is 4.02. The molecule has 6 heteroatoms. The molecule has 0 saturated carbocycles. The van der Waals surface area contributed by atoms with Crippen LogP contribution in [-0.4, -0.2) is 42.5 Å². The fourth-order valence-corrected chi connectivity index (χ4v) is 2.82. The third-order valence-corrected chi connectivity index (χ3v) is 4.02. The van der Waals surface area contributed by atoms with Crippen molar-refractivity contribution in [2.24, 2.45) is 5.92 Å². The minimum atomic E-state index is 0.0190. The summed E-state index contributed by atoms with van der Waals surface area (Å²) in [5, 5.41) is 10.1. The van der Waals surface area contributed by atoms with E-state index in [1.165, 1.54) is 0 Å². The summed E-state index contributed by atoms with van der Waals surface area (Å²) in [7, 11) is 0. The monoisotopic (exact) mass is 279 g/mol. The summed E-state index contributed by atoms with van der Waals surface area (Å²) >= 11 is 0. The highest BCUT2D eigenvalue weighted by Gasteiger charge is 2.21. The van der Waals surface area contributed by atoms with Gasteiger partial charge in [0.2, 0.25) is 5.91 Å². The molecular weight excluding hydrogens is 258 g/mol. The summed E-state index contributed by atoms with van der Waals surface area (Å²) < 4.78 is 10.6. The van der Waals surface area contributed by atoms with E-state index in [9.17, 15) is 4.79 Å². The number of anilines is 1. The second kappa shape index (κ2) is 6.37. The lowest BCUT2D eigenvalue weighted by Gasteiger charge is -2.20.